The van der Waals surface area contributed by atoms with Crippen LogP contribution < -0.4 is 21.1 Å². The Bertz CT molecular complexity index is 704. The van der Waals surface area contributed by atoms with Crippen molar-refractivity contribution < 1.29 is 18.0 Å². The summed E-state index contributed by atoms with van der Waals surface area (Å²) in [5.74, 6) is -0.670. The number of unbranched alkanes of at least 4 members (excludes halogenated alkanes) is 1. The van der Waals surface area contributed by atoms with Crippen molar-refractivity contribution in [1.29, 1.82) is 0 Å². The average Bonchev–Trinajstić information content (AvgIpc) is 2.57. The molecule has 146 valence electrons. The molecule has 0 bridgehead atoms. The molecule has 9 heteroatoms. The maximum atomic E-state index is 12.4. The predicted octanol–water partition coefficient (Wildman–Crippen LogP) is 0.946. The highest BCUT2D eigenvalue weighted by Crippen LogP contribution is 2.14. The summed E-state index contributed by atoms with van der Waals surface area (Å²) in [6.07, 6.45) is 2.68. The van der Waals surface area contributed by atoms with Gasteiger partial charge >= 0.3 is 0 Å². The van der Waals surface area contributed by atoms with Gasteiger partial charge in [0.15, 0.2) is 0 Å². The SMILES string of the molecule is CCCCC(CN)NC(=O)C(C)NS(=O)(=O)c1ccc(NC(C)=O)cc1. The van der Waals surface area contributed by atoms with Crippen molar-refractivity contribution in [2.45, 2.75) is 57.0 Å². The fraction of sp³-hybridized carbons (Fsp3) is 0.529. The van der Waals surface area contributed by atoms with Crippen LogP contribution in [0.3, 0.4) is 0 Å². The van der Waals surface area contributed by atoms with Crippen LogP contribution >= 0.6 is 0 Å². The minimum Gasteiger partial charge on any atom is -0.351 e. The van der Waals surface area contributed by atoms with Crippen LogP contribution in [-0.2, 0) is 19.6 Å². The van der Waals surface area contributed by atoms with Gasteiger partial charge in [-0.05, 0) is 37.6 Å². The highest BCUT2D eigenvalue weighted by atomic mass is 32.2. The molecule has 2 atom stereocenters. The van der Waals surface area contributed by atoms with Gasteiger partial charge in [-0.3, -0.25) is 9.59 Å². The Hall–Kier alpha value is -1.97. The van der Waals surface area contributed by atoms with E-state index in [0.29, 0.717) is 12.2 Å². The zero-order valence-corrected chi connectivity index (χ0v) is 16.2. The van der Waals surface area contributed by atoms with E-state index in [4.69, 9.17) is 5.73 Å². The Kier molecular flexibility index (Phi) is 8.70. The van der Waals surface area contributed by atoms with Crippen molar-refractivity contribution in [3.63, 3.8) is 0 Å². The number of sulfonamides is 1. The third-order valence-electron chi connectivity index (χ3n) is 3.75. The Morgan fingerprint density at radius 2 is 1.81 bits per heavy atom. The predicted molar refractivity (Wildman–Crippen MR) is 101 cm³/mol. The molecule has 2 amide bonds. The van der Waals surface area contributed by atoms with Crippen molar-refractivity contribution in [3.05, 3.63) is 24.3 Å². The molecule has 26 heavy (non-hydrogen) atoms. The summed E-state index contributed by atoms with van der Waals surface area (Å²) in [4.78, 5) is 23.2. The molecule has 0 fully saturated rings. The van der Waals surface area contributed by atoms with Gasteiger partial charge < -0.3 is 16.4 Å². The lowest BCUT2D eigenvalue weighted by molar-refractivity contribution is -0.123. The van der Waals surface area contributed by atoms with E-state index in [0.717, 1.165) is 19.3 Å². The average molecular weight is 385 g/mol. The van der Waals surface area contributed by atoms with Crippen LogP contribution in [0.2, 0.25) is 0 Å². The van der Waals surface area contributed by atoms with Crippen molar-refractivity contribution in [2.24, 2.45) is 5.73 Å². The quantitative estimate of drug-likeness (QED) is 0.477. The molecule has 0 spiro atoms. The van der Waals surface area contributed by atoms with Crippen molar-refractivity contribution in [1.82, 2.24) is 10.0 Å². The van der Waals surface area contributed by atoms with Gasteiger partial charge in [0.2, 0.25) is 21.8 Å². The number of anilines is 1. The molecule has 0 aliphatic carbocycles. The zero-order valence-electron chi connectivity index (χ0n) is 15.4. The second-order valence-electron chi connectivity index (χ2n) is 6.13. The zero-order chi connectivity index (χ0) is 19.7. The molecule has 1 aromatic rings. The number of carbonyl (C=O) groups excluding carboxylic acids is 2. The van der Waals surface area contributed by atoms with Crippen LogP contribution in [0.4, 0.5) is 5.69 Å². The molecular weight excluding hydrogens is 356 g/mol. The van der Waals surface area contributed by atoms with E-state index >= 15 is 0 Å². The smallest absolute Gasteiger partial charge is 0.241 e. The third kappa shape index (κ3) is 7.11. The number of amides is 2. The van der Waals surface area contributed by atoms with E-state index < -0.39 is 22.0 Å². The molecule has 1 aromatic carbocycles. The molecule has 0 saturated heterocycles. The molecule has 8 nitrogen and oxygen atoms in total. The summed E-state index contributed by atoms with van der Waals surface area (Å²) in [5, 5.41) is 5.32. The number of rotatable bonds is 10. The molecule has 5 N–H and O–H groups in total. The van der Waals surface area contributed by atoms with E-state index in [-0.39, 0.29) is 16.8 Å². The summed E-state index contributed by atoms with van der Waals surface area (Å²) in [6, 6.07) is 4.58. The van der Waals surface area contributed by atoms with Gasteiger partial charge in [-0.1, -0.05) is 19.8 Å². The Labute approximate surface area is 155 Å². The van der Waals surface area contributed by atoms with E-state index in [2.05, 4.69) is 15.4 Å². The van der Waals surface area contributed by atoms with Crippen LogP contribution in [0, 0.1) is 0 Å². The van der Waals surface area contributed by atoms with Gasteiger partial charge in [0.1, 0.15) is 0 Å². The molecule has 0 saturated carbocycles. The first kappa shape index (κ1) is 22.1. The van der Waals surface area contributed by atoms with Gasteiger partial charge in [0.25, 0.3) is 0 Å². The van der Waals surface area contributed by atoms with E-state index in [1.807, 2.05) is 6.92 Å². The normalized spacial score (nSPS) is 13.7. The second-order valence-corrected chi connectivity index (χ2v) is 7.85. The molecule has 1 rings (SSSR count). The number of carbonyl (C=O) groups is 2. The molecular formula is C17H28N4O4S. The van der Waals surface area contributed by atoms with Crippen LogP contribution in [0.1, 0.15) is 40.0 Å². The summed E-state index contributed by atoms with van der Waals surface area (Å²) in [7, 11) is -3.86. The lowest BCUT2D eigenvalue weighted by atomic mass is 10.1. The van der Waals surface area contributed by atoms with Gasteiger partial charge in [-0.2, -0.15) is 4.72 Å². The summed E-state index contributed by atoms with van der Waals surface area (Å²) in [5.41, 5.74) is 6.14. The molecule has 0 aliphatic rings. The van der Waals surface area contributed by atoms with Gasteiger partial charge in [-0.15, -0.1) is 0 Å². The number of benzene rings is 1. The van der Waals surface area contributed by atoms with Crippen LogP contribution in [-0.4, -0.2) is 38.9 Å². The summed E-state index contributed by atoms with van der Waals surface area (Å²) < 4.78 is 27.2. The minimum absolute atomic E-state index is 0.00705. The number of hydrogen-bond acceptors (Lipinski definition) is 5. The molecule has 0 radical (unpaired) electrons. The largest absolute Gasteiger partial charge is 0.351 e. The van der Waals surface area contributed by atoms with Crippen LogP contribution in [0.15, 0.2) is 29.2 Å². The first-order chi connectivity index (χ1) is 12.2. The Morgan fingerprint density at radius 3 is 2.31 bits per heavy atom. The maximum absolute atomic E-state index is 12.4. The van der Waals surface area contributed by atoms with E-state index in [1.54, 1.807) is 0 Å². The standard InChI is InChI=1S/C17H28N4O4S/c1-4-5-6-15(11-18)20-17(23)12(2)21-26(24,25)16-9-7-14(8-10-16)19-13(3)22/h7-10,12,15,21H,4-6,11,18H2,1-3H3,(H,19,22)(H,20,23). The minimum atomic E-state index is -3.86. The van der Waals surface area contributed by atoms with Crippen molar-refractivity contribution in [2.75, 3.05) is 11.9 Å². The number of hydrogen-bond donors (Lipinski definition) is 4. The first-order valence-electron chi connectivity index (χ1n) is 8.60. The van der Waals surface area contributed by atoms with E-state index in [1.165, 1.54) is 38.1 Å². The van der Waals surface area contributed by atoms with Gasteiger partial charge in [0, 0.05) is 25.2 Å². The molecule has 0 aromatic heterocycles. The lowest BCUT2D eigenvalue weighted by Gasteiger charge is -2.20. The highest BCUT2D eigenvalue weighted by Gasteiger charge is 2.23. The molecule has 0 heterocycles. The van der Waals surface area contributed by atoms with Gasteiger partial charge in [0.05, 0.1) is 10.9 Å². The van der Waals surface area contributed by atoms with Crippen LogP contribution in [0.25, 0.3) is 0 Å². The highest BCUT2D eigenvalue weighted by molar-refractivity contribution is 7.89. The summed E-state index contributed by atoms with van der Waals surface area (Å²) >= 11 is 0. The number of nitrogens with one attached hydrogen (secondary N) is 3. The molecule has 2 unspecified atom stereocenters. The van der Waals surface area contributed by atoms with Crippen LogP contribution in [0.5, 0.6) is 0 Å². The topological polar surface area (TPSA) is 130 Å². The van der Waals surface area contributed by atoms with Crippen molar-refractivity contribution >= 4 is 27.5 Å². The molecule has 0 aliphatic heterocycles. The van der Waals surface area contributed by atoms with E-state index in [9.17, 15) is 18.0 Å². The second kappa shape index (κ2) is 10.2. The van der Waals surface area contributed by atoms with Gasteiger partial charge in [-0.25, -0.2) is 8.42 Å². The Balaban J connectivity index is 2.72. The summed E-state index contributed by atoms with van der Waals surface area (Å²) in [6.45, 7) is 5.19. The third-order valence-corrected chi connectivity index (χ3v) is 5.30. The monoisotopic (exact) mass is 384 g/mol. The fourth-order valence-electron chi connectivity index (χ4n) is 2.30. The Morgan fingerprint density at radius 1 is 1.19 bits per heavy atom. The number of nitrogens with two attached hydrogens (primary N) is 1. The van der Waals surface area contributed by atoms with Crippen molar-refractivity contribution in [3.8, 4) is 0 Å². The fourth-order valence-corrected chi connectivity index (χ4v) is 3.50. The first-order valence-corrected chi connectivity index (χ1v) is 10.1. The maximum Gasteiger partial charge on any atom is 0.241 e. The lowest BCUT2D eigenvalue weighted by Crippen LogP contribution is -2.49.